The van der Waals surface area contributed by atoms with E-state index in [1.807, 2.05) is 0 Å². The second-order valence-electron chi connectivity index (χ2n) is 6.61. The van der Waals surface area contributed by atoms with Gasteiger partial charge in [0.05, 0.1) is 0 Å². The first-order valence-corrected chi connectivity index (χ1v) is 7.59. The molecule has 0 aromatic carbocycles. The van der Waals surface area contributed by atoms with Crippen LogP contribution in [0.3, 0.4) is 0 Å². The lowest BCUT2D eigenvalue weighted by Crippen LogP contribution is -2.26. The van der Waals surface area contributed by atoms with Gasteiger partial charge in [-0.3, -0.25) is 0 Å². The van der Waals surface area contributed by atoms with Crippen LogP contribution in [-0.2, 0) is 0 Å². The third-order valence-corrected chi connectivity index (χ3v) is 4.78. The van der Waals surface area contributed by atoms with Crippen molar-refractivity contribution in [3.05, 3.63) is 0 Å². The minimum atomic E-state index is 0.679. The molecule has 96 valence electrons. The first-order chi connectivity index (χ1) is 7.59. The molecule has 0 nitrogen and oxygen atoms in total. The number of hydrogen-bond acceptors (Lipinski definition) is 0. The summed E-state index contributed by atoms with van der Waals surface area (Å²) < 4.78 is 0. The fourth-order valence-corrected chi connectivity index (χ4v) is 3.48. The van der Waals surface area contributed by atoms with Gasteiger partial charge in [-0.1, -0.05) is 53.4 Å². The van der Waals surface area contributed by atoms with Gasteiger partial charge in [0.25, 0.3) is 0 Å². The summed E-state index contributed by atoms with van der Waals surface area (Å²) in [6.45, 7) is 9.67. The van der Waals surface area contributed by atoms with Crippen molar-refractivity contribution in [3.8, 4) is 0 Å². The minimum absolute atomic E-state index is 0.679. The Bertz CT molecular complexity index is 174. The van der Waals surface area contributed by atoms with Crippen LogP contribution in [-0.4, -0.2) is 0 Å². The van der Waals surface area contributed by atoms with E-state index in [4.69, 9.17) is 0 Å². The van der Waals surface area contributed by atoms with Crippen LogP contribution in [0.2, 0.25) is 0 Å². The summed E-state index contributed by atoms with van der Waals surface area (Å²) in [5, 5.41) is 0. The molecule has 0 bridgehead atoms. The fraction of sp³-hybridized carbons (Fsp3) is 1.00. The maximum absolute atomic E-state index is 2.54. The molecule has 1 rings (SSSR count). The highest BCUT2D eigenvalue weighted by Crippen LogP contribution is 2.44. The lowest BCUT2D eigenvalue weighted by molar-refractivity contribution is 0.131. The quantitative estimate of drug-likeness (QED) is 0.534. The molecule has 0 radical (unpaired) electrons. The molecule has 0 aromatic rings. The lowest BCUT2D eigenvalue weighted by Gasteiger charge is -2.39. The molecular formula is C16H32. The van der Waals surface area contributed by atoms with Crippen molar-refractivity contribution < 1.29 is 0 Å². The van der Waals surface area contributed by atoms with E-state index in [-0.39, 0.29) is 0 Å². The molecule has 0 saturated heterocycles. The summed E-state index contributed by atoms with van der Waals surface area (Å²) >= 11 is 0. The Hall–Kier alpha value is 0. The van der Waals surface area contributed by atoms with Gasteiger partial charge in [0.15, 0.2) is 0 Å². The zero-order valence-corrected chi connectivity index (χ0v) is 12.0. The average Bonchev–Trinajstić information content (AvgIpc) is 2.27. The molecule has 16 heavy (non-hydrogen) atoms. The monoisotopic (exact) mass is 224 g/mol. The molecule has 0 aromatic heterocycles. The van der Waals surface area contributed by atoms with Crippen molar-refractivity contribution in [2.45, 2.75) is 85.5 Å². The molecule has 0 aliphatic heterocycles. The van der Waals surface area contributed by atoms with Gasteiger partial charge in [0.1, 0.15) is 0 Å². The van der Waals surface area contributed by atoms with Crippen LogP contribution in [0.15, 0.2) is 0 Å². The highest BCUT2D eigenvalue weighted by atomic mass is 14.4. The Balaban J connectivity index is 2.30. The van der Waals surface area contributed by atoms with E-state index < -0.39 is 0 Å². The first kappa shape index (κ1) is 14.1. The van der Waals surface area contributed by atoms with E-state index in [1.54, 1.807) is 0 Å². The Morgan fingerprint density at radius 3 is 2.31 bits per heavy atom. The van der Waals surface area contributed by atoms with Crippen LogP contribution in [0.5, 0.6) is 0 Å². The molecule has 0 N–H and O–H groups in total. The second-order valence-corrected chi connectivity index (χ2v) is 6.61. The molecule has 1 aliphatic rings. The third kappa shape index (κ3) is 4.47. The van der Waals surface area contributed by atoms with Crippen molar-refractivity contribution in [1.29, 1.82) is 0 Å². The standard InChI is InChI=1S/C16H32/c1-5-7-8-14(3)13-16(4)11-9-15(6-2)10-12-16/h14-15H,5-13H2,1-4H3. The Morgan fingerprint density at radius 2 is 1.81 bits per heavy atom. The van der Waals surface area contributed by atoms with Crippen LogP contribution >= 0.6 is 0 Å². The summed E-state index contributed by atoms with van der Waals surface area (Å²) in [6, 6.07) is 0. The number of unbranched alkanes of at least 4 members (excludes halogenated alkanes) is 1. The average molecular weight is 224 g/mol. The van der Waals surface area contributed by atoms with E-state index in [0.29, 0.717) is 5.41 Å². The molecule has 1 saturated carbocycles. The molecule has 0 heteroatoms. The zero-order valence-electron chi connectivity index (χ0n) is 12.0. The van der Waals surface area contributed by atoms with Gasteiger partial charge in [0.2, 0.25) is 0 Å². The van der Waals surface area contributed by atoms with E-state index in [2.05, 4.69) is 27.7 Å². The van der Waals surface area contributed by atoms with Crippen molar-refractivity contribution >= 4 is 0 Å². The van der Waals surface area contributed by atoms with Crippen LogP contribution in [0.4, 0.5) is 0 Å². The number of rotatable bonds is 6. The lowest BCUT2D eigenvalue weighted by atomic mass is 9.67. The summed E-state index contributed by atoms with van der Waals surface area (Å²) in [5.41, 5.74) is 0.679. The van der Waals surface area contributed by atoms with E-state index in [9.17, 15) is 0 Å². The van der Waals surface area contributed by atoms with Gasteiger partial charge < -0.3 is 0 Å². The molecule has 0 amide bonds. The largest absolute Gasteiger partial charge is 0.0654 e. The van der Waals surface area contributed by atoms with Gasteiger partial charge in [-0.05, 0) is 49.4 Å². The van der Waals surface area contributed by atoms with Crippen LogP contribution in [0.25, 0.3) is 0 Å². The van der Waals surface area contributed by atoms with Crippen LogP contribution in [0, 0.1) is 17.3 Å². The molecule has 1 atom stereocenters. The topological polar surface area (TPSA) is 0 Å². The second kappa shape index (κ2) is 6.67. The highest BCUT2D eigenvalue weighted by molar-refractivity contribution is 4.83. The van der Waals surface area contributed by atoms with Gasteiger partial charge in [0, 0.05) is 0 Å². The Kier molecular flexibility index (Phi) is 5.86. The smallest absolute Gasteiger partial charge is 0.0323 e. The SMILES string of the molecule is CCCCC(C)CC1(C)CCC(CC)CC1. The first-order valence-electron chi connectivity index (χ1n) is 7.59. The summed E-state index contributed by atoms with van der Waals surface area (Å²) in [7, 11) is 0. The van der Waals surface area contributed by atoms with Crippen LogP contribution < -0.4 is 0 Å². The highest BCUT2D eigenvalue weighted by Gasteiger charge is 2.31. The zero-order chi connectivity index (χ0) is 12.0. The molecule has 0 spiro atoms. The maximum atomic E-state index is 2.54. The van der Waals surface area contributed by atoms with Gasteiger partial charge in [-0.2, -0.15) is 0 Å². The normalized spacial score (nSPS) is 32.6. The molecular weight excluding hydrogens is 192 g/mol. The fourth-order valence-electron chi connectivity index (χ4n) is 3.48. The predicted octanol–water partition coefficient (Wildman–Crippen LogP) is 5.81. The maximum Gasteiger partial charge on any atom is -0.0323 e. The Labute approximate surface area is 103 Å². The van der Waals surface area contributed by atoms with Gasteiger partial charge in [-0.25, -0.2) is 0 Å². The molecule has 1 aliphatic carbocycles. The molecule has 1 unspecified atom stereocenters. The van der Waals surface area contributed by atoms with E-state index in [0.717, 1.165) is 11.8 Å². The van der Waals surface area contributed by atoms with Crippen molar-refractivity contribution in [2.75, 3.05) is 0 Å². The third-order valence-electron chi connectivity index (χ3n) is 4.78. The van der Waals surface area contributed by atoms with Crippen LogP contribution in [0.1, 0.15) is 85.5 Å². The summed E-state index contributed by atoms with van der Waals surface area (Å²) in [5.74, 6) is 1.99. The Morgan fingerprint density at radius 1 is 1.19 bits per heavy atom. The van der Waals surface area contributed by atoms with E-state index >= 15 is 0 Å². The minimum Gasteiger partial charge on any atom is -0.0654 e. The van der Waals surface area contributed by atoms with Crippen molar-refractivity contribution in [1.82, 2.24) is 0 Å². The summed E-state index contributed by atoms with van der Waals surface area (Å²) in [4.78, 5) is 0. The summed E-state index contributed by atoms with van der Waals surface area (Å²) in [6.07, 6.45) is 13.1. The van der Waals surface area contributed by atoms with Gasteiger partial charge in [-0.15, -0.1) is 0 Å². The molecule has 0 heterocycles. The van der Waals surface area contributed by atoms with Crippen molar-refractivity contribution in [2.24, 2.45) is 17.3 Å². The van der Waals surface area contributed by atoms with Crippen molar-refractivity contribution in [3.63, 3.8) is 0 Å². The van der Waals surface area contributed by atoms with Gasteiger partial charge >= 0.3 is 0 Å². The molecule has 1 fully saturated rings. The van der Waals surface area contributed by atoms with E-state index in [1.165, 1.54) is 57.8 Å². The number of hydrogen-bond donors (Lipinski definition) is 0. The predicted molar refractivity (Wildman–Crippen MR) is 73.7 cm³/mol.